The van der Waals surface area contributed by atoms with Crippen LogP contribution in [0.15, 0.2) is 48.8 Å². The molecule has 3 aromatic heterocycles. The van der Waals surface area contributed by atoms with Gasteiger partial charge in [0.2, 0.25) is 5.95 Å². The summed E-state index contributed by atoms with van der Waals surface area (Å²) in [5, 5.41) is 24.8. The van der Waals surface area contributed by atoms with E-state index in [0.717, 1.165) is 11.3 Å². The van der Waals surface area contributed by atoms with Crippen LogP contribution in [0, 0.1) is 6.92 Å². The van der Waals surface area contributed by atoms with Gasteiger partial charge in [-0.05, 0) is 73.2 Å². The molecular weight excluding hydrogens is 534 g/mol. The third kappa shape index (κ3) is 6.87. The van der Waals surface area contributed by atoms with E-state index in [1.165, 1.54) is 11.9 Å². The van der Waals surface area contributed by atoms with Gasteiger partial charge in [-0.25, -0.2) is 10.0 Å². The van der Waals surface area contributed by atoms with E-state index in [1.807, 2.05) is 61.1 Å². The normalized spacial score (nSPS) is 12.8. The number of benzene rings is 1. The number of rotatable bonds is 12. The van der Waals surface area contributed by atoms with E-state index in [2.05, 4.69) is 43.4 Å². The zero-order valence-corrected chi connectivity index (χ0v) is 25.2. The third-order valence-electron chi connectivity index (χ3n) is 6.01. The molecule has 0 radical (unpaired) electrons. The monoisotopic (exact) mass is 571 g/mol. The molecule has 0 saturated heterocycles. The topological polar surface area (TPSA) is 103 Å². The standard InChI is InChI=1S/C27H37N7O3S2/c1-19-11-12-20(28-17-19)22(35)18-38-33(15-16-39(5,6)7)27-30-29-26(21-13-14-32(2)31-21)34(27)25-23(36-3)9-8-10-24(25)37-4/h8-14,17,22,35H,15-16,18H2,1-7H3. The number of para-hydroxylation sites is 1. The number of methoxy groups -OCH3 is 2. The molecule has 1 N–H and O–H groups in total. The number of anilines is 1. The van der Waals surface area contributed by atoms with E-state index in [9.17, 15) is 5.11 Å². The highest BCUT2D eigenvalue weighted by Gasteiger charge is 2.28. The quantitative estimate of drug-likeness (QED) is 0.250. The zero-order chi connectivity index (χ0) is 28.2. The second-order valence-corrected chi connectivity index (χ2v) is 15.6. The van der Waals surface area contributed by atoms with Crippen LogP contribution in [-0.2, 0) is 7.05 Å². The highest BCUT2D eigenvalue weighted by Crippen LogP contribution is 2.41. The molecule has 0 aliphatic carbocycles. The summed E-state index contributed by atoms with van der Waals surface area (Å²) >= 11 is 1.50. The fourth-order valence-corrected chi connectivity index (χ4v) is 5.69. The number of aryl methyl sites for hydroxylation is 2. The number of aromatic nitrogens is 6. The van der Waals surface area contributed by atoms with Crippen molar-refractivity contribution in [2.75, 3.05) is 55.3 Å². The smallest absolute Gasteiger partial charge is 0.242 e. The van der Waals surface area contributed by atoms with Gasteiger partial charge in [-0.3, -0.25) is 18.5 Å². The number of ether oxygens (including phenoxy) is 2. The molecule has 0 spiro atoms. The second-order valence-electron chi connectivity index (χ2n) is 10.0. The summed E-state index contributed by atoms with van der Waals surface area (Å²) in [4.78, 5) is 4.42. The molecule has 0 bridgehead atoms. The Kier molecular flexibility index (Phi) is 9.08. The maximum Gasteiger partial charge on any atom is 0.242 e. The summed E-state index contributed by atoms with van der Waals surface area (Å²) in [6, 6.07) is 11.4. The molecule has 1 atom stereocenters. The van der Waals surface area contributed by atoms with Crippen molar-refractivity contribution in [2.45, 2.75) is 13.0 Å². The summed E-state index contributed by atoms with van der Waals surface area (Å²) in [6.07, 6.45) is 9.76. The molecule has 12 heteroatoms. The average Bonchev–Trinajstić information content (AvgIpc) is 3.54. The minimum absolute atomic E-state index is 0.393. The van der Waals surface area contributed by atoms with Crippen molar-refractivity contribution < 1.29 is 14.6 Å². The summed E-state index contributed by atoms with van der Waals surface area (Å²) in [7, 11) is 4.30. The van der Waals surface area contributed by atoms with Crippen molar-refractivity contribution in [3.8, 4) is 28.7 Å². The molecule has 39 heavy (non-hydrogen) atoms. The van der Waals surface area contributed by atoms with Crippen LogP contribution in [0.1, 0.15) is 17.4 Å². The van der Waals surface area contributed by atoms with Crippen molar-refractivity contribution in [1.29, 1.82) is 0 Å². The molecule has 4 aromatic rings. The fourth-order valence-electron chi connectivity index (χ4n) is 3.90. The van der Waals surface area contributed by atoms with Gasteiger partial charge in [0.15, 0.2) is 5.82 Å². The third-order valence-corrected chi connectivity index (χ3v) is 8.54. The average molecular weight is 572 g/mol. The maximum atomic E-state index is 11.0. The molecular formula is C27H37N7O3S2. The summed E-state index contributed by atoms with van der Waals surface area (Å²) in [6.45, 7) is 2.68. The van der Waals surface area contributed by atoms with E-state index in [-0.39, 0.29) is 0 Å². The number of nitrogens with zero attached hydrogens (tertiary/aromatic N) is 7. The molecule has 0 saturated carbocycles. The lowest BCUT2D eigenvalue weighted by Gasteiger charge is -2.30. The van der Waals surface area contributed by atoms with Crippen molar-refractivity contribution in [3.05, 3.63) is 60.0 Å². The summed E-state index contributed by atoms with van der Waals surface area (Å²) in [5.41, 5.74) is 3.03. The Hall–Kier alpha value is -3.22. The number of pyridine rings is 1. The second kappa shape index (κ2) is 12.3. The molecule has 4 rings (SSSR count). The minimum Gasteiger partial charge on any atom is -0.494 e. The van der Waals surface area contributed by atoms with Gasteiger partial charge >= 0.3 is 0 Å². The van der Waals surface area contributed by atoms with Gasteiger partial charge in [0, 0.05) is 31.7 Å². The maximum absolute atomic E-state index is 11.0. The molecule has 1 aromatic carbocycles. The van der Waals surface area contributed by atoms with Gasteiger partial charge in [-0.2, -0.15) is 5.10 Å². The van der Waals surface area contributed by atoms with E-state index in [1.54, 1.807) is 25.1 Å². The largest absolute Gasteiger partial charge is 0.494 e. The Balaban J connectivity index is 1.81. The van der Waals surface area contributed by atoms with Gasteiger partial charge in [-0.15, -0.1) is 10.2 Å². The summed E-state index contributed by atoms with van der Waals surface area (Å²) in [5.74, 6) is 3.74. The fraction of sp³-hybridized carbons (Fsp3) is 0.407. The molecule has 0 fully saturated rings. The highest BCUT2D eigenvalue weighted by atomic mass is 32.3. The lowest BCUT2D eigenvalue weighted by atomic mass is 10.2. The van der Waals surface area contributed by atoms with Crippen LogP contribution in [0.5, 0.6) is 11.5 Å². The van der Waals surface area contributed by atoms with Crippen LogP contribution in [0.2, 0.25) is 0 Å². The predicted molar refractivity (Wildman–Crippen MR) is 161 cm³/mol. The molecule has 0 aliphatic heterocycles. The van der Waals surface area contributed by atoms with E-state index in [0.29, 0.717) is 52.6 Å². The van der Waals surface area contributed by atoms with Gasteiger partial charge in [0.25, 0.3) is 0 Å². The molecule has 1 unspecified atom stereocenters. The molecule has 3 heterocycles. The van der Waals surface area contributed by atoms with Crippen LogP contribution in [0.4, 0.5) is 5.95 Å². The van der Waals surface area contributed by atoms with E-state index in [4.69, 9.17) is 9.47 Å². The van der Waals surface area contributed by atoms with Gasteiger partial charge < -0.3 is 14.6 Å². The van der Waals surface area contributed by atoms with Crippen molar-refractivity contribution in [1.82, 2.24) is 29.5 Å². The molecule has 0 amide bonds. The van der Waals surface area contributed by atoms with Crippen LogP contribution < -0.4 is 13.8 Å². The number of hydrogen-bond acceptors (Lipinski definition) is 9. The first kappa shape index (κ1) is 28.8. The molecule has 10 nitrogen and oxygen atoms in total. The Morgan fingerprint density at radius 2 is 1.77 bits per heavy atom. The van der Waals surface area contributed by atoms with Crippen molar-refractivity contribution >= 4 is 27.9 Å². The first-order chi connectivity index (χ1) is 18.6. The first-order valence-corrected chi connectivity index (χ1v) is 16.4. The van der Waals surface area contributed by atoms with E-state index < -0.39 is 16.1 Å². The Morgan fingerprint density at radius 3 is 2.33 bits per heavy atom. The predicted octanol–water partition coefficient (Wildman–Crippen LogP) is 4.27. The Bertz CT molecular complexity index is 1360. The lowest BCUT2D eigenvalue weighted by molar-refractivity contribution is 0.199. The van der Waals surface area contributed by atoms with Crippen LogP contribution in [0.25, 0.3) is 17.2 Å². The lowest BCUT2D eigenvalue weighted by Crippen LogP contribution is -2.26. The van der Waals surface area contributed by atoms with Gasteiger partial charge in [0.1, 0.15) is 29.0 Å². The number of hydrogen-bond donors (Lipinski definition) is 1. The van der Waals surface area contributed by atoms with Crippen LogP contribution >= 0.6 is 22.0 Å². The van der Waals surface area contributed by atoms with Crippen molar-refractivity contribution in [3.63, 3.8) is 0 Å². The molecule has 0 aliphatic rings. The SMILES string of the molecule is COc1cccc(OC)c1-n1c(-c2ccn(C)n2)nnc1N(CCS(C)(C)C)SCC(O)c1ccc(C)cn1. The minimum atomic E-state index is -0.820. The highest BCUT2D eigenvalue weighted by molar-refractivity contribution is 8.32. The zero-order valence-electron chi connectivity index (χ0n) is 23.5. The Morgan fingerprint density at radius 1 is 1.05 bits per heavy atom. The number of aliphatic hydroxyl groups excluding tert-OH is 1. The van der Waals surface area contributed by atoms with Crippen LogP contribution in [0.3, 0.4) is 0 Å². The summed E-state index contributed by atoms with van der Waals surface area (Å²) < 4.78 is 17.3. The van der Waals surface area contributed by atoms with Gasteiger partial charge in [-0.1, -0.05) is 12.1 Å². The Labute approximate surface area is 235 Å². The molecule has 210 valence electrons. The van der Waals surface area contributed by atoms with E-state index >= 15 is 0 Å². The first-order valence-electron chi connectivity index (χ1n) is 12.4. The van der Waals surface area contributed by atoms with Crippen molar-refractivity contribution in [2.24, 2.45) is 7.05 Å². The van der Waals surface area contributed by atoms with Crippen LogP contribution in [-0.4, -0.2) is 85.7 Å². The van der Waals surface area contributed by atoms with Gasteiger partial charge in [0.05, 0.1) is 19.9 Å². The number of aliphatic hydroxyl groups is 1.